The normalized spacial score (nSPS) is 12.9. The number of alkyl halides is 3. The lowest BCUT2D eigenvalue weighted by Crippen LogP contribution is -2.33. The van der Waals surface area contributed by atoms with Crippen LogP contribution >= 0.6 is 11.3 Å². The summed E-state index contributed by atoms with van der Waals surface area (Å²) in [7, 11) is 1.64. The number of ether oxygens (including phenoxy) is 1. The summed E-state index contributed by atoms with van der Waals surface area (Å²) >= 11 is 1.72. The van der Waals surface area contributed by atoms with Crippen LogP contribution in [0.2, 0.25) is 0 Å². The number of carboxylic acids is 1. The average Bonchev–Trinajstić information content (AvgIpc) is 3.82. The number of amides is 2. The lowest BCUT2D eigenvalue weighted by molar-refractivity contribution is -0.192. The predicted molar refractivity (Wildman–Crippen MR) is 184 cm³/mol. The minimum absolute atomic E-state index is 0.0453. The van der Waals surface area contributed by atoms with E-state index in [1.54, 1.807) is 18.4 Å². The molecule has 12 heteroatoms. The highest BCUT2D eigenvalue weighted by Gasteiger charge is 2.38. The highest BCUT2D eigenvalue weighted by molar-refractivity contribution is 7.09. The van der Waals surface area contributed by atoms with E-state index in [1.807, 2.05) is 59.5 Å². The van der Waals surface area contributed by atoms with Gasteiger partial charge in [-0.2, -0.15) is 13.2 Å². The molecule has 2 heterocycles. The molecule has 0 atom stereocenters. The van der Waals surface area contributed by atoms with E-state index in [1.165, 1.54) is 17.7 Å². The molecule has 2 N–H and O–H groups in total. The summed E-state index contributed by atoms with van der Waals surface area (Å²) in [5, 5.41) is 12.3. The summed E-state index contributed by atoms with van der Waals surface area (Å²) in [6, 6.07) is 27.9. The zero-order valence-electron chi connectivity index (χ0n) is 27.2. The Kier molecular flexibility index (Phi) is 13.8. The van der Waals surface area contributed by atoms with Crippen molar-refractivity contribution in [2.45, 2.75) is 38.4 Å². The lowest BCUT2D eigenvalue weighted by Gasteiger charge is -2.23. The fourth-order valence-electron chi connectivity index (χ4n) is 5.37. The van der Waals surface area contributed by atoms with E-state index in [-0.39, 0.29) is 11.8 Å². The number of rotatable bonds is 13. The number of nitrogens with zero attached hydrogens (tertiary/aromatic N) is 2. The Bertz CT molecular complexity index is 1660. The Morgan fingerprint density at radius 2 is 1.59 bits per heavy atom. The Morgan fingerprint density at radius 3 is 2.22 bits per heavy atom. The van der Waals surface area contributed by atoms with E-state index in [0.29, 0.717) is 31.6 Å². The van der Waals surface area contributed by atoms with E-state index >= 15 is 0 Å². The first-order valence-electron chi connectivity index (χ1n) is 15.9. The van der Waals surface area contributed by atoms with E-state index in [2.05, 4.69) is 45.9 Å². The quantitative estimate of drug-likeness (QED) is 0.162. The van der Waals surface area contributed by atoms with E-state index < -0.39 is 12.1 Å². The highest BCUT2D eigenvalue weighted by Crippen LogP contribution is 2.23. The fraction of sp³-hybridized carbons (Fsp3) is 0.324. The molecule has 49 heavy (non-hydrogen) atoms. The van der Waals surface area contributed by atoms with Crippen molar-refractivity contribution in [2.24, 2.45) is 0 Å². The Morgan fingerprint density at radius 1 is 0.918 bits per heavy atom. The molecule has 1 fully saturated rings. The molecule has 8 nitrogen and oxygen atoms in total. The van der Waals surface area contributed by atoms with Crippen LogP contribution in [0.5, 0.6) is 5.75 Å². The van der Waals surface area contributed by atoms with Gasteiger partial charge in [0, 0.05) is 36.6 Å². The first-order chi connectivity index (χ1) is 23.5. The number of hydrogen-bond acceptors (Lipinski definition) is 6. The van der Waals surface area contributed by atoms with Crippen molar-refractivity contribution in [1.82, 2.24) is 15.1 Å². The molecule has 2 amide bonds. The van der Waals surface area contributed by atoms with E-state index in [4.69, 9.17) is 14.6 Å². The molecular formula is C37H40F3N3O5S. The van der Waals surface area contributed by atoms with Crippen molar-refractivity contribution in [2.75, 3.05) is 39.8 Å². The van der Waals surface area contributed by atoms with Gasteiger partial charge in [-0.05, 0) is 96.4 Å². The molecule has 260 valence electrons. The molecule has 0 unspecified atom stereocenters. The maximum Gasteiger partial charge on any atom is 0.490 e. The van der Waals surface area contributed by atoms with Crippen LogP contribution in [0.25, 0.3) is 11.1 Å². The van der Waals surface area contributed by atoms with Gasteiger partial charge in [0.2, 0.25) is 5.91 Å². The molecular weight excluding hydrogens is 655 g/mol. The smallest absolute Gasteiger partial charge is 0.490 e. The molecule has 0 radical (unpaired) electrons. The molecule has 0 spiro atoms. The van der Waals surface area contributed by atoms with E-state index in [0.717, 1.165) is 54.1 Å². The largest absolute Gasteiger partial charge is 0.497 e. The molecule has 1 aliphatic heterocycles. The van der Waals surface area contributed by atoms with Gasteiger partial charge in [0.25, 0.3) is 5.91 Å². The minimum Gasteiger partial charge on any atom is -0.497 e. The highest BCUT2D eigenvalue weighted by atomic mass is 32.1. The van der Waals surface area contributed by atoms with Crippen molar-refractivity contribution in [1.29, 1.82) is 0 Å². The molecule has 0 saturated carbocycles. The Hall–Kier alpha value is -4.68. The first kappa shape index (κ1) is 37.1. The van der Waals surface area contributed by atoms with Crippen molar-refractivity contribution >= 4 is 29.1 Å². The summed E-state index contributed by atoms with van der Waals surface area (Å²) < 4.78 is 37.0. The second kappa shape index (κ2) is 18.2. The summed E-state index contributed by atoms with van der Waals surface area (Å²) in [6.07, 6.45) is -1.43. The number of likely N-dealkylation sites (tertiary alicyclic amines) is 1. The zero-order valence-corrected chi connectivity index (χ0v) is 28.1. The van der Waals surface area contributed by atoms with E-state index in [9.17, 15) is 22.8 Å². The maximum atomic E-state index is 13.5. The van der Waals surface area contributed by atoms with Crippen LogP contribution in [0.4, 0.5) is 13.2 Å². The van der Waals surface area contributed by atoms with Crippen LogP contribution in [0.1, 0.15) is 39.2 Å². The summed E-state index contributed by atoms with van der Waals surface area (Å²) in [5.74, 6) is -1.93. The van der Waals surface area contributed by atoms with Gasteiger partial charge in [0.15, 0.2) is 0 Å². The minimum atomic E-state index is -5.08. The predicted octanol–water partition coefficient (Wildman–Crippen LogP) is 6.70. The summed E-state index contributed by atoms with van der Waals surface area (Å²) in [5.41, 5.74) is 4.69. The number of carbonyl (C=O) groups excluding carboxylic acids is 2. The number of benzene rings is 3. The van der Waals surface area contributed by atoms with Gasteiger partial charge < -0.3 is 25.0 Å². The second-order valence-electron chi connectivity index (χ2n) is 11.6. The zero-order chi connectivity index (χ0) is 35.2. The fourth-order valence-corrected chi connectivity index (χ4v) is 6.07. The first-order valence-corrected chi connectivity index (χ1v) is 16.8. The number of carbonyl (C=O) groups is 3. The molecule has 0 aliphatic carbocycles. The summed E-state index contributed by atoms with van der Waals surface area (Å²) in [4.78, 5) is 40.9. The molecule has 5 rings (SSSR count). The Labute approximate surface area is 288 Å². The SMILES string of the molecule is COc1ccc(CC(=O)N(CCc2cccs2)Cc2cccc(-c3cccc(C(=O)NCCN4CCCC4)c3)c2)cc1.O=C(O)C(F)(F)F. The van der Waals surface area contributed by atoms with Gasteiger partial charge in [-0.25, -0.2) is 4.79 Å². The third kappa shape index (κ3) is 12.1. The summed E-state index contributed by atoms with van der Waals surface area (Å²) in [6.45, 7) is 4.97. The lowest BCUT2D eigenvalue weighted by atomic mass is 10.0. The van der Waals surface area contributed by atoms with Crippen LogP contribution in [0.3, 0.4) is 0 Å². The molecule has 1 aromatic heterocycles. The van der Waals surface area contributed by atoms with Gasteiger partial charge in [0.05, 0.1) is 13.5 Å². The topological polar surface area (TPSA) is 99.2 Å². The molecule has 3 aromatic carbocycles. The third-order valence-electron chi connectivity index (χ3n) is 7.99. The maximum absolute atomic E-state index is 13.5. The Balaban J connectivity index is 0.000000698. The van der Waals surface area contributed by atoms with Gasteiger partial charge in [-0.1, -0.05) is 48.5 Å². The van der Waals surface area contributed by atoms with Gasteiger partial charge in [0.1, 0.15) is 5.75 Å². The number of methoxy groups -OCH3 is 1. The number of hydrogen-bond donors (Lipinski definition) is 2. The van der Waals surface area contributed by atoms with Gasteiger partial charge in [-0.15, -0.1) is 11.3 Å². The molecule has 0 bridgehead atoms. The van der Waals surface area contributed by atoms with Crippen molar-refractivity contribution in [3.63, 3.8) is 0 Å². The van der Waals surface area contributed by atoms with Crippen LogP contribution in [-0.2, 0) is 29.0 Å². The number of thiophene rings is 1. The molecule has 4 aromatic rings. The van der Waals surface area contributed by atoms with Crippen LogP contribution in [-0.4, -0.2) is 78.7 Å². The number of halogens is 3. The van der Waals surface area contributed by atoms with Crippen LogP contribution in [0, 0.1) is 0 Å². The van der Waals surface area contributed by atoms with Crippen molar-refractivity contribution < 1.29 is 37.4 Å². The average molecular weight is 696 g/mol. The van der Waals surface area contributed by atoms with Gasteiger partial charge >= 0.3 is 12.1 Å². The molecule has 1 aliphatic rings. The van der Waals surface area contributed by atoms with Crippen molar-refractivity contribution in [3.8, 4) is 16.9 Å². The molecule has 1 saturated heterocycles. The van der Waals surface area contributed by atoms with Gasteiger partial charge in [-0.3, -0.25) is 9.59 Å². The number of aliphatic carboxylic acids is 1. The number of nitrogens with one attached hydrogen (secondary N) is 1. The second-order valence-corrected chi connectivity index (χ2v) is 12.6. The van der Waals surface area contributed by atoms with Crippen LogP contribution in [0.15, 0.2) is 90.3 Å². The third-order valence-corrected chi connectivity index (χ3v) is 8.92. The number of carboxylic acid groups (broad SMARTS) is 1. The van der Waals surface area contributed by atoms with Crippen molar-refractivity contribution in [3.05, 3.63) is 112 Å². The standard InChI is InChI=1S/C35H39N3O3S.C2HF3O2/c1-41-32-14-12-27(13-15-32)24-34(39)38(20-16-33-11-6-22-42-33)26-28-7-4-8-29(23-28)30-9-5-10-31(25-30)35(40)36-17-21-37-18-2-3-19-37;3-2(4,5)1(6)7/h4-15,22-23,25H,2-3,16-21,24,26H2,1H3,(H,36,40);(H,6,7). The van der Waals surface area contributed by atoms with Crippen LogP contribution < -0.4 is 10.1 Å². The monoisotopic (exact) mass is 695 g/mol.